The van der Waals surface area contributed by atoms with Gasteiger partial charge in [0, 0.05) is 4.47 Å². The van der Waals surface area contributed by atoms with Crippen molar-refractivity contribution in [1.29, 1.82) is 0 Å². The highest BCUT2D eigenvalue weighted by molar-refractivity contribution is 9.10. The lowest BCUT2D eigenvalue weighted by Crippen LogP contribution is -2.02. The smallest absolute Gasteiger partial charge is 0.206 e. The van der Waals surface area contributed by atoms with E-state index in [1.165, 1.54) is 6.07 Å². The molecule has 3 aromatic rings. The number of halogens is 3. The largest absolute Gasteiger partial charge is 0.369 e. The van der Waals surface area contributed by atoms with Crippen LogP contribution in [0.1, 0.15) is 0 Å². The van der Waals surface area contributed by atoms with E-state index in [0.29, 0.717) is 26.2 Å². The molecule has 1 aromatic heterocycles. The summed E-state index contributed by atoms with van der Waals surface area (Å²) in [5.74, 6) is -0.190. The molecule has 0 amide bonds. The summed E-state index contributed by atoms with van der Waals surface area (Å²) in [6.07, 6.45) is 0. The molecule has 3 nitrogen and oxygen atoms in total. The number of hydrogen-bond acceptors (Lipinski definition) is 2. The highest BCUT2D eigenvalue weighted by Crippen LogP contribution is 2.29. The third-order valence-corrected chi connectivity index (χ3v) is 3.61. The molecule has 2 N–H and O–H groups in total. The third kappa shape index (κ3) is 1.99. The highest BCUT2D eigenvalue weighted by Gasteiger charge is 2.15. The fourth-order valence-electron chi connectivity index (χ4n) is 2.00. The topological polar surface area (TPSA) is 43.8 Å². The van der Waals surface area contributed by atoms with Crippen molar-refractivity contribution in [2.24, 2.45) is 0 Å². The van der Waals surface area contributed by atoms with Gasteiger partial charge in [-0.1, -0.05) is 33.6 Å². The number of fused-ring (bicyclic) bond motifs is 1. The minimum atomic E-state index is -0.389. The van der Waals surface area contributed by atoms with Crippen LogP contribution in [0.25, 0.3) is 16.7 Å². The van der Waals surface area contributed by atoms with E-state index < -0.39 is 0 Å². The van der Waals surface area contributed by atoms with Crippen molar-refractivity contribution in [3.63, 3.8) is 0 Å². The van der Waals surface area contributed by atoms with Gasteiger partial charge in [-0.05, 0) is 30.3 Å². The highest BCUT2D eigenvalue weighted by atomic mass is 79.9. The van der Waals surface area contributed by atoms with Crippen molar-refractivity contribution in [3.8, 4) is 5.69 Å². The van der Waals surface area contributed by atoms with E-state index in [4.69, 9.17) is 17.3 Å². The van der Waals surface area contributed by atoms with Crippen LogP contribution in [0, 0.1) is 5.82 Å². The van der Waals surface area contributed by atoms with Gasteiger partial charge in [-0.3, -0.25) is 4.57 Å². The van der Waals surface area contributed by atoms with Crippen LogP contribution >= 0.6 is 27.5 Å². The van der Waals surface area contributed by atoms with Crippen molar-refractivity contribution in [1.82, 2.24) is 9.55 Å². The standard InChI is InChI=1S/C13H8BrClFN3/c14-7-4-5-10(9(16)6-7)19-11-3-1-2-8(15)12(11)18-13(19)17/h1-6H,(H2,17,18). The van der Waals surface area contributed by atoms with Gasteiger partial charge in [-0.25, -0.2) is 9.37 Å². The number of imidazole rings is 1. The zero-order valence-corrected chi connectivity index (χ0v) is 11.9. The molecule has 1 heterocycles. The fraction of sp³-hybridized carbons (Fsp3) is 0. The van der Waals surface area contributed by atoms with E-state index in [1.54, 1.807) is 34.9 Å². The van der Waals surface area contributed by atoms with E-state index in [0.717, 1.165) is 0 Å². The van der Waals surface area contributed by atoms with Crippen molar-refractivity contribution >= 4 is 44.5 Å². The molecule has 96 valence electrons. The van der Waals surface area contributed by atoms with Gasteiger partial charge in [-0.15, -0.1) is 0 Å². The number of rotatable bonds is 1. The zero-order valence-electron chi connectivity index (χ0n) is 9.57. The lowest BCUT2D eigenvalue weighted by molar-refractivity contribution is 0.619. The van der Waals surface area contributed by atoms with Crippen LogP contribution in [0.3, 0.4) is 0 Å². The number of nitrogens with two attached hydrogens (primary N) is 1. The lowest BCUT2D eigenvalue weighted by Gasteiger charge is -2.08. The summed E-state index contributed by atoms with van der Waals surface area (Å²) in [5, 5.41) is 0.487. The normalized spacial score (nSPS) is 11.1. The van der Waals surface area contributed by atoms with E-state index in [2.05, 4.69) is 20.9 Å². The molecule has 19 heavy (non-hydrogen) atoms. The van der Waals surface area contributed by atoms with E-state index >= 15 is 0 Å². The number of anilines is 1. The Balaban J connectivity index is 2.36. The second-order valence-electron chi connectivity index (χ2n) is 4.01. The molecule has 0 saturated heterocycles. The second-order valence-corrected chi connectivity index (χ2v) is 5.33. The van der Waals surface area contributed by atoms with Gasteiger partial charge in [0.05, 0.1) is 16.2 Å². The van der Waals surface area contributed by atoms with Crippen LogP contribution in [0.15, 0.2) is 40.9 Å². The summed E-state index contributed by atoms with van der Waals surface area (Å²) >= 11 is 9.28. The molecule has 0 fully saturated rings. The Morgan fingerprint density at radius 2 is 2.05 bits per heavy atom. The molecule has 0 bridgehead atoms. The Kier molecular flexibility index (Phi) is 2.95. The van der Waals surface area contributed by atoms with Crippen molar-refractivity contribution in [3.05, 3.63) is 51.7 Å². The SMILES string of the molecule is Nc1nc2c(Cl)cccc2n1-c1ccc(Br)cc1F. The Bertz CT molecular complexity index is 785. The maximum atomic E-state index is 14.1. The minimum Gasteiger partial charge on any atom is -0.369 e. The molecule has 0 radical (unpaired) electrons. The summed E-state index contributed by atoms with van der Waals surface area (Å²) < 4.78 is 16.3. The van der Waals surface area contributed by atoms with Gasteiger partial charge < -0.3 is 5.73 Å². The predicted molar refractivity (Wildman–Crippen MR) is 78.2 cm³/mol. The summed E-state index contributed by atoms with van der Waals surface area (Å²) in [4.78, 5) is 4.18. The first kappa shape index (κ1) is 12.4. The van der Waals surface area contributed by atoms with Crippen LogP contribution in [-0.4, -0.2) is 9.55 Å². The molecular formula is C13H8BrClFN3. The molecule has 0 spiro atoms. The first-order valence-corrected chi connectivity index (χ1v) is 6.63. The molecule has 0 aliphatic carbocycles. The van der Waals surface area contributed by atoms with E-state index in [9.17, 15) is 4.39 Å². The molecule has 3 rings (SSSR count). The molecule has 2 aromatic carbocycles. The van der Waals surface area contributed by atoms with Crippen LogP contribution in [-0.2, 0) is 0 Å². The van der Waals surface area contributed by atoms with Gasteiger partial charge in [0.2, 0.25) is 5.95 Å². The van der Waals surface area contributed by atoms with E-state index in [-0.39, 0.29) is 11.8 Å². The molecule has 0 unspecified atom stereocenters. The van der Waals surface area contributed by atoms with Gasteiger partial charge in [0.25, 0.3) is 0 Å². The molecule has 0 saturated carbocycles. The average Bonchev–Trinajstić information content (AvgIpc) is 2.68. The summed E-state index contributed by atoms with van der Waals surface area (Å²) in [6.45, 7) is 0. The predicted octanol–water partition coefficient (Wildman–Crippen LogP) is 4.16. The number of aromatic nitrogens is 2. The Hall–Kier alpha value is -1.59. The molecule has 0 aliphatic rings. The first-order chi connectivity index (χ1) is 9.08. The van der Waals surface area contributed by atoms with Gasteiger partial charge >= 0.3 is 0 Å². The number of benzene rings is 2. The average molecular weight is 341 g/mol. The monoisotopic (exact) mass is 339 g/mol. The maximum absolute atomic E-state index is 14.1. The fourth-order valence-corrected chi connectivity index (χ4v) is 2.54. The number of nitrogens with zero attached hydrogens (tertiary/aromatic N) is 2. The molecule has 0 aliphatic heterocycles. The Labute approximate surface area is 121 Å². The maximum Gasteiger partial charge on any atom is 0.206 e. The van der Waals surface area contributed by atoms with Crippen molar-refractivity contribution < 1.29 is 4.39 Å². The van der Waals surface area contributed by atoms with Crippen LogP contribution in [0.5, 0.6) is 0 Å². The molecular weight excluding hydrogens is 333 g/mol. The van der Waals surface area contributed by atoms with Crippen LogP contribution in [0.2, 0.25) is 5.02 Å². The van der Waals surface area contributed by atoms with Crippen molar-refractivity contribution in [2.75, 3.05) is 5.73 Å². The quantitative estimate of drug-likeness (QED) is 0.723. The summed E-state index contributed by atoms with van der Waals surface area (Å²) in [6, 6.07) is 10.1. The second kappa shape index (κ2) is 4.51. The molecule has 0 atom stereocenters. The van der Waals surface area contributed by atoms with Gasteiger partial charge in [-0.2, -0.15) is 0 Å². The summed E-state index contributed by atoms with van der Waals surface area (Å²) in [5.41, 5.74) is 7.45. The Morgan fingerprint density at radius 3 is 2.79 bits per heavy atom. The number of nitrogen functional groups attached to an aromatic ring is 1. The Morgan fingerprint density at radius 1 is 1.26 bits per heavy atom. The van der Waals surface area contributed by atoms with Crippen molar-refractivity contribution in [2.45, 2.75) is 0 Å². The van der Waals surface area contributed by atoms with Crippen LogP contribution < -0.4 is 5.73 Å². The van der Waals surface area contributed by atoms with Gasteiger partial charge in [0.15, 0.2) is 0 Å². The van der Waals surface area contributed by atoms with Crippen LogP contribution in [0.4, 0.5) is 10.3 Å². The third-order valence-electron chi connectivity index (χ3n) is 2.81. The number of para-hydroxylation sites is 1. The van der Waals surface area contributed by atoms with E-state index in [1.807, 2.05) is 0 Å². The minimum absolute atomic E-state index is 0.198. The van der Waals surface area contributed by atoms with Gasteiger partial charge in [0.1, 0.15) is 11.3 Å². The summed E-state index contributed by atoms with van der Waals surface area (Å²) in [7, 11) is 0. The first-order valence-electron chi connectivity index (χ1n) is 5.46. The zero-order chi connectivity index (χ0) is 13.6. The lowest BCUT2D eigenvalue weighted by atomic mass is 10.2. The molecule has 6 heteroatoms. The number of hydrogen-bond donors (Lipinski definition) is 1.